The van der Waals surface area contributed by atoms with Gasteiger partial charge in [-0.05, 0) is 49.2 Å². The van der Waals surface area contributed by atoms with Crippen LogP contribution >= 0.6 is 11.6 Å². The maximum Gasteiger partial charge on any atom is 0.319 e. The zero-order chi connectivity index (χ0) is 16.8. The molecule has 0 aliphatic rings. The third kappa shape index (κ3) is 4.86. The maximum absolute atomic E-state index is 12.9. The van der Waals surface area contributed by atoms with E-state index in [4.69, 9.17) is 16.3 Å². The summed E-state index contributed by atoms with van der Waals surface area (Å²) in [7, 11) is 0. The number of halogens is 2. The van der Waals surface area contributed by atoms with Crippen molar-refractivity contribution in [3.63, 3.8) is 0 Å². The molecule has 2 amide bonds. The second-order valence-corrected chi connectivity index (χ2v) is 5.46. The van der Waals surface area contributed by atoms with Gasteiger partial charge in [-0.15, -0.1) is 0 Å². The Labute approximate surface area is 139 Å². The minimum atomic E-state index is -0.423. The van der Waals surface area contributed by atoms with Gasteiger partial charge in [-0.2, -0.15) is 0 Å². The quantitative estimate of drug-likeness (QED) is 0.800. The van der Waals surface area contributed by atoms with Crippen molar-refractivity contribution >= 4 is 23.3 Å². The number of amides is 2. The molecule has 4 nitrogen and oxygen atoms in total. The first-order valence-corrected chi connectivity index (χ1v) is 7.54. The van der Waals surface area contributed by atoms with Crippen molar-refractivity contribution in [1.29, 1.82) is 0 Å². The molecule has 0 aromatic heterocycles. The van der Waals surface area contributed by atoms with Crippen LogP contribution in [0.25, 0.3) is 0 Å². The van der Waals surface area contributed by atoms with E-state index in [0.29, 0.717) is 12.3 Å². The van der Waals surface area contributed by atoms with Crippen molar-refractivity contribution in [3.05, 3.63) is 58.4 Å². The van der Waals surface area contributed by atoms with Crippen molar-refractivity contribution in [2.45, 2.75) is 13.8 Å². The molecular weight excluding hydrogens is 319 g/mol. The first-order chi connectivity index (χ1) is 11.0. The molecule has 2 rings (SSSR count). The van der Waals surface area contributed by atoms with Gasteiger partial charge in [0.05, 0.1) is 11.6 Å². The van der Waals surface area contributed by atoms with Crippen molar-refractivity contribution in [1.82, 2.24) is 5.32 Å². The standard InChI is InChI=1S/C17H18ClFN2O2/c1-11-4-3-5-15(12(11)2)21-17(22)20-8-9-23-16-7-6-13(19)10-14(16)18/h3-7,10H,8-9H2,1-2H3,(H2,20,21,22). The molecule has 0 atom stereocenters. The van der Waals surface area contributed by atoms with Crippen LogP contribution in [-0.2, 0) is 0 Å². The van der Waals surface area contributed by atoms with Gasteiger partial charge in [-0.25, -0.2) is 9.18 Å². The minimum absolute atomic E-state index is 0.199. The monoisotopic (exact) mass is 336 g/mol. The first kappa shape index (κ1) is 17.1. The molecule has 6 heteroatoms. The van der Waals surface area contributed by atoms with Crippen LogP contribution in [0.15, 0.2) is 36.4 Å². The van der Waals surface area contributed by atoms with Crippen LogP contribution in [0.3, 0.4) is 0 Å². The number of benzene rings is 2. The average Bonchev–Trinajstić information content (AvgIpc) is 2.50. The third-order valence-electron chi connectivity index (χ3n) is 3.39. The highest BCUT2D eigenvalue weighted by Crippen LogP contribution is 2.24. The normalized spacial score (nSPS) is 10.3. The molecule has 0 spiro atoms. The van der Waals surface area contributed by atoms with Gasteiger partial charge in [0, 0.05) is 5.69 Å². The lowest BCUT2D eigenvalue weighted by Crippen LogP contribution is -2.32. The number of aryl methyl sites for hydroxylation is 1. The van der Waals surface area contributed by atoms with Gasteiger partial charge in [0.2, 0.25) is 0 Å². The molecule has 2 N–H and O–H groups in total. The van der Waals surface area contributed by atoms with Crippen molar-refractivity contribution in [2.75, 3.05) is 18.5 Å². The SMILES string of the molecule is Cc1cccc(NC(=O)NCCOc2ccc(F)cc2Cl)c1C. The fourth-order valence-electron chi connectivity index (χ4n) is 1.97. The molecule has 0 aliphatic heterocycles. The number of urea groups is 1. The molecule has 0 aliphatic carbocycles. The number of rotatable bonds is 5. The van der Waals surface area contributed by atoms with E-state index in [9.17, 15) is 9.18 Å². The van der Waals surface area contributed by atoms with E-state index >= 15 is 0 Å². The maximum atomic E-state index is 12.9. The van der Waals surface area contributed by atoms with E-state index in [1.165, 1.54) is 18.2 Å². The lowest BCUT2D eigenvalue weighted by molar-refractivity contribution is 0.247. The molecular formula is C17H18ClFN2O2. The third-order valence-corrected chi connectivity index (χ3v) is 3.69. The first-order valence-electron chi connectivity index (χ1n) is 7.16. The van der Waals surface area contributed by atoms with E-state index in [-0.39, 0.29) is 17.7 Å². The molecule has 0 fully saturated rings. The Balaban J connectivity index is 1.78. The molecule has 122 valence electrons. The highest BCUT2D eigenvalue weighted by atomic mass is 35.5. The van der Waals surface area contributed by atoms with Gasteiger partial charge in [-0.1, -0.05) is 23.7 Å². The largest absolute Gasteiger partial charge is 0.490 e. The molecule has 0 unspecified atom stereocenters. The number of nitrogens with one attached hydrogen (secondary N) is 2. The highest BCUT2D eigenvalue weighted by molar-refractivity contribution is 6.32. The Morgan fingerprint density at radius 2 is 2.04 bits per heavy atom. The van der Waals surface area contributed by atoms with E-state index in [1.807, 2.05) is 32.0 Å². The van der Waals surface area contributed by atoms with Crippen LogP contribution in [0.2, 0.25) is 5.02 Å². The van der Waals surface area contributed by atoms with Crippen LogP contribution < -0.4 is 15.4 Å². The number of ether oxygens (including phenoxy) is 1. The Bertz CT molecular complexity index is 707. The molecule has 0 saturated heterocycles. The molecule has 2 aromatic rings. The lowest BCUT2D eigenvalue weighted by Gasteiger charge is -2.12. The summed E-state index contributed by atoms with van der Waals surface area (Å²) in [6.45, 7) is 4.46. The topological polar surface area (TPSA) is 50.4 Å². The predicted octanol–water partition coefficient (Wildman–Crippen LogP) is 4.30. The molecule has 23 heavy (non-hydrogen) atoms. The van der Waals surface area contributed by atoms with Gasteiger partial charge < -0.3 is 15.4 Å². The number of hydrogen-bond donors (Lipinski definition) is 2. The van der Waals surface area contributed by atoms with Gasteiger partial charge in [0.25, 0.3) is 0 Å². The van der Waals surface area contributed by atoms with E-state index in [0.717, 1.165) is 16.8 Å². The minimum Gasteiger partial charge on any atom is -0.490 e. The molecule has 0 saturated carbocycles. The number of hydrogen-bond acceptors (Lipinski definition) is 2. The van der Waals surface area contributed by atoms with E-state index in [1.54, 1.807) is 0 Å². The van der Waals surface area contributed by atoms with E-state index < -0.39 is 5.82 Å². The summed E-state index contributed by atoms with van der Waals surface area (Å²) in [6, 6.07) is 9.30. The van der Waals surface area contributed by atoms with Crippen molar-refractivity contribution in [2.24, 2.45) is 0 Å². The molecule has 0 heterocycles. The van der Waals surface area contributed by atoms with Gasteiger partial charge >= 0.3 is 6.03 Å². The second-order valence-electron chi connectivity index (χ2n) is 5.05. The van der Waals surface area contributed by atoms with Crippen molar-refractivity contribution < 1.29 is 13.9 Å². The van der Waals surface area contributed by atoms with Crippen LogP contribution in [-0.4, -0.2) is 19.2 Å². The average molecular weight is 337 g/mol. The Kier molecular flexibility index (Phi) is 5.82. The van der Waals surface area contributed by atoms with Gasteiger partial charge in [0.15, 0.2) is 0 Å². The Morgan fingerprint density at radius 3 is 2.78 bits per heavy atom. The smallest absolute Gasteiger partial charge is 0.319 e. The fourth-order valence-corrected chi connectivity index (χ4v) is 2.19. The van der Waals surface area contributed by atoms with E-state index in [2.05, 4.69) is 10.6 Å². The summed E-state index contributed by atoms with van der Waals surface area (Å²) >= 11 is 5.85. The molecule has 0 radical (unpaired) electrons. The van der Waals surface area contributed by atoms with Crippen LogP contribution in [0.1, 0.15) is 11.1 Å². The summed E-state index contributed by atoms with van der Waals surface area (Å²) in [6.07, 6.45) is 0. The van der Waals surface area contributed by atoms with Crippen LogP contribution in [0.4, 0.5) is 14.9 Å². The summed E-state index contributed by atoms with van der Waals surface area (Å²) in [4.78, 5) is 11.8. The van der Waals surface area contributed by atoms with Crippen LogP contribution in [0.5, 0.6) is 5.75 Å². The summed E-state index contributed by atoms with van der Waals surface area (Å²) in [5.74, 6) is -0.0434. The van der Waals surface area contributed by atoms with Gasteiger partial charge in [0.1, 0.15) is 18.2 Å². The summed E-state index contributed by atoms with van der Waals surface area (Å²) in [5, 5.41) is 5.67. The zero-order valence-electron chi connectivity index (χ0n) is 13.0. The Morgan fingerprint density at radius 1 is 1.26 bits per heavy atom. The Hall–Kier alpha value is -2.27. The van der Waals surface area contributed by atoms with Crippen LogP contribution in [0, 0.1) is 19.7 Å². The highest BCUT2D eigenvalue weighted by Gasteiger charge is 2.06. The van der Waals surface area contributed by atoms with Gasteiger partial charge in [-0.3, -0.25) is 0 Å². The zero-order valence-corrected chi connectivity index (χ0v) is 13.7. The summed E-state index contributed by atoms with van der Waals surface area (Å²) in [5.41, 5.74) is 2.90. The van der Waals surface area contributed by atoms with Crippen molar-refractivity contribution in [3.8, 4) is 5.75 Å². The number of anilines is 1. The molecule has 2 aromatic carbocycles. The molecule has 0 bridgehead atoms. The number of carbonyl (C=O) groups excluding carboxylic acids is 1. The second kappa shape index (κ2) is 7.83. The fraction of sp³-hybridized carbons (Fsp3) is 0.235. The number of carbonyl (C=O) groups is 1. The predicted molar refractivity (Wildman–Crippen MR) is 89.8 cm³/mol. The summed E-state index contributed by atoms with van der Waals surface area (Å²) < 4.78 is 18.3. The lowest BCUT2D eigenvalue weighted by atomic mass is 10.1.